The predicted molar refractivity (Wildman–Crippen MR) is 137 cm³/mol. The van der Waals surface area contributed by atoms with E-state index in [0.717, 1.165) is 21.8 Å². The maximum atomic E-state index is 13.5. The van der Waals surface area contributed by atoms with E-state index in [4.69, 9.17) is 23.2 Å². The largest absolute Gasteiger partial charge is 0.324 e. The molecule has 1 aromatic heterocycles. The number of halogens is 2. The summed E-state index contributed by atoms with van der Waals surface area (Å²) in [5, 5.41) is 18.0. The number of carbonyl (C=O) groups excluding carboxylic acids is 2. The molecule has 1 amide bonds. The van der Waals surface area contributed by atoms with Crippen molar-refractivity contribution in [2.75, 3.05) is 5.32 Å². The van der Waals surface area contributed by atoms with E-state index in [9.17, 15) is 14.9 Å². The van der Waals surface area contributed by atoms with Crippen LogP contribution in [0.5, 0.6) is 0 Å². The van der Waals surface area contributed by atoms with Crippen molar-refractivity contribution >= 4 is 52.3 Å². The number of rotatable bonds is 5. The monoisotopic (exact) mass is 518 g/mol. The molecule has 1 aliphatic rings. The topological polar surface area (TPSA) is 87.8 Å². The summed E-state index contributed by atoms with van der Waals surface area (Å²) in [6.45, 7) is 0. The van der Waals surface area contributed by atoms with Gasteiger partial charge in [-0.3, -0.25) is 9.59 Å². The highest BCUT2D eigenvalue weighted by Crippen LogP contribution is 2.45. The molecule has 0 radical (unpaired) electrons. The number of nitrogens with one attached hydrogen (secondary N) is 1. The summed E-state index contributed by atoms with van der Waals surface area (Å²) in [5.41, 5.74) is 3.46. The van der Waals surface area contributed by atoms with Crippen molar-refractivity contribution < 1.29 is 9.59 Å². The van der Waals surface area contributed by atoms with Gasteiger partial charge in [-0.2, -0.15) is 10.4 Å². The van der Waals surface area contributed by atoms with Gasteiger partial charge in [0.2, 0.25) is 11.7 Å². The van der Waals surface area contributed by atoms with Gasteiger partial charge in [0.25, 0.3) is 0 Å². The molecule has 0 aliphatic carbocycles. The van der Waals surface area contributed by atoms with Crippen molar-refractivity contribution in [2.45, 2.75) is 10.6 Å². The van der Waals surface area contributed by atoms with Gasteiger partial charge in [0.1, 0.15) is 5.69 Å². The zero-order valence-electron chi connectivity index (χ0n) is 18.0. The Morgan fingerprint density at radius 2 is 1.80 bits per heavy atom. The van der Waals surface area contributed by atoms with Crippen molar-refractivity contribution in [3.63, 3.8) is 0 Å². The van der Waals surface area contributed by atoms with E-state index in [0.29, 0.717) is 27.0 Å². The van der Waals surface area contributed by atoms with Crippen LogP contribution < -0.4 is 5.32 Å². The second-order valence-corrected chi connectivity index (χ2v) is 9.67. The second-order valence-electron chi connectivity index (χ2n) is 7.78. The lowest BCUT2D eigenvalue weighted by atomic mass is 9.97. The molecule has 5 rings (SSSR count). The van der Waals surface area contributed by atoms with Crippen LogP contribution in [-0.2, 0) is 10.5 Å². The number of fused-ring (bicyclic) bond motifs is 3. The molecule has 4 aromatic rings. The first-order valence-electron chi connectivity index (χ1n) is 10.6. The number of nitriles is 1. The number of ketones is 1. The number of nitrogens with zero attached hydrogens (tertiary/aromatic N) is 3. The van der Waals surface area contributed by atoms with Gasteiger partial charge in [-0.15, -0.1) is 11.8 Å². The van der Waals surface area contributed by atoms with Crippen LogP contribution in [0.25, 0.3) is 16.9 Å². The molecule has 35 heavy (non-hydrogen) atoms. The molecule has 1 N–H and O–H groups in total. The molecule has 1 atom stereocenters. The number of hydrogen-bond donors (Lipinski definition) is 1. The Balaban J connectivity index is 1.59. The summed E-state index contributed by atoms with van der Waals surface area (Å²) in [4.78, 5) is 27.5. The number of anilines is 1. The van der Waals surface area contributed by atoms with Crippen LogP contribution >= 0.6 is 35.0 Å². The van der Waals surface area contributed by atoms with Gasteiger partial charge in [-0.1, -0.05) is 47.5 Å². The fourth-order valence-electron chi connectivity index (χ4n) is 3.93. The summed E-state index contributed by atoms with van der Waals surface area (Å²) in [6, 6.07) is 23.3. The van der Waals surface area contributed by atoms with E-state index in [1.54, 1.807) is 40.7 Å². The number of thioether (sulfide) groups is 1. The van der Waals surface area contributed by atoms with E-state index < -0.39 is 17.6 Å². The highest BCUT2D eigenvalue weighted by atomic mass is 35.5. The molecule has 0 saturated carbocycles. The molecular weight excluding hydrogens is 503 g/mol. The molecule has 9 heteroatoms. The summed E-state index contributed by atoms with van der Waals surface area (Å²) in [6.07, 6.45) is 0. The zero-order chi connectivity index (χ0) is 24.5. The Hall–Kier alpha value is -3.57. The van der Waals surface area contributed by atoms with Crippen LogP contribution in [0.15, 0.2) is 77.7 Å². The predicted octanol–water partition coefficient (Wildman–Crippen LogP) is 6.41. The lowest BCUT2D eigenvalue weighted by Gasteiger charge is -2.18. The standard InChI is InChI=1S/C26H16Cl2N4O2S/c27-15-5-4-6-17(11-15)30-26(34)20(13-29)25(33)23-21-14-35-22-10-9-16(28)12-19(22)24(21)32(31-23)18-7-2-1-3-8-18/h1-12,20H,14H2,(H,30,34). The van der Waals surface area contributed by atoms with E-state index in [1.807, 2.05) is 54.6 Å². The van der Waals surface area contributed by atoms with Crippen LogP contribution in [0.3, 0.4) is 0 Å². The van der Waals surface area contributed by atoms with E-state index in [-0.39, 0.29) is 5.69 Å². The molecule has 0 fully saturated rings. The Morgan fingerprint density at radius 3 is 2.54 bits per heavy atom. The third-order valence-corrected chi connectivity index (χ3v) is 7.10. The second kappa shape index (κ2) is 9.59. The highest BCUT2D eigenvalue weighted by molar-refractivity contribution is 7.98. The Kier molecular flexibility index (Phi) is 6.35. The van der Waals surface area contributed by atoms with Gasteiger partial charge in [0.15, 0.2) is 5.92 Å². The van der Waals surface area contributed by atoms with E-state index in [2.05, 4.69) is 10.4 Å². The molecule has 0 bridgehead atoms. The van der Waals surface area contributed by atoms with Crippen LogP contribution in [0.1, 0.15) is 16.1 Å². The van der Waals surface area contributed by atoms with Gasteiger partial charge >= 0.3 is 0 Å². The van der Waals surface area contributed by atoms with Crippen molar-refractivity contribution in [3.8, 4) is 23.0 Å². The smallest absolute Gasteiger partial charge is 0.249 e. The quantitative estimate of drug-likeness (QED) is 0.243. The van der Waals surface area contributed by atoms with Gasteiger partial charge in [-0.25, -0.2) is 4.68 Å². The molecule has 0 spiro atoms. The number of carbonyl (C=O) groups is 2. The Bertz CT molecular complexity index is 1510. The maximum absolute atomic E-state index is 13.5. The molecule has 0 saturated heterocycles. The average molecular weight is 519 g/mol. The summed E-state index contributed by atoms with van der Waals surface area (Å²) in [5.74, 6) is -2.52. The first-order valence-corrected chi connectivity index (χ1v) is 12.3. The van der Waals surface area contributed by atoms with E-state index >= 15 is 0 Å². The lowest BCUT2D eigenvalue weighted by Crippen LogP contribution is -2.29. The first-order chi connectivity index (χ1) is 17.0. The lowest BCUT2D eigenvalue weighted by molar-refractivity contribution is -0.117. The average Bonchev–Trinajstić information content (AvgIpc) is 3.25. The fourth-order valence-corrected chi connectivity index (χ4v) is 5.35. The van der Waals surface area contributed by atoms with Crippen LogP contribution in [0.4, 0.5) is 5.69 Å². The van der Waals surface area contributed by atoms with Crippen LogP contribution in [-0.4, -0.2) is 21.5 Å². The first kappa shape index (κ1) is 23.2. The van der Waals surface area contributed by atoms with E-state index in [1.165, 1.54) is 0 Å². The van der Waals surface area contributed by atoms with Crippen molar-refractivity contribution in [1.82, 2.24) is 9.78 Å². The summed E-state index contributed by atoms with van der Waals surface area (Å²) in [7, 11) is 0. The van der Waals surface area contributed by atoms with Crippen LogP contribution in [0.2, 0.25) is 10.0 Å². The third kappa shape index (κ3) is 4.44. The summed E-state index contributed by atoms with van der Waals surface area (Å²) >= 11 is 13.8. The molecular formula is C26H16Cl2N4O2S. The fraction of sp³-hybridized carbons (Fsp3) is 0.0769. The van der Waals surface area contributed by atoms with Gasteiger partial charge in [-0.05, 0) is 48.5 Å². The Morgan fingerprint density at radius 1 is 1.03 bits per heavy atom. The number of hydrogen-bond acceptors (Lipinski definition) is 5. The molecule has 172 valence electrons. The number of aromatic nitrogens is 2. The van der Waals surface area contributed by atoms with Crippen molar-refractivity contribution in [3.05, 3.63) is 94.1 Å². The maximum Gasteiger partial charge on any atom is 0.249 e. The molecule has 1 aliphatic heterocycles. The number of amides is 1. The SMILES string of the molecule is N#CC(C(=O)Nc1cccc(Cl)c1)C(=O)c1nn(-c2ccccc2)c2c1CSc1ccc(Cl)cc1-2. The number of para-hydroxylation sites is 1. The Labute approximate surface area is 215 Å². The van der Waals surface area contributed by atoms with Gasteiger partial charge < -0.3 is 5.32 Å². The minimum Gasteiger partial charge on any atom is -0.324 e. The minimum atomic E-state index is -1.58. The van der Waals surface area contributed by atoms with Crippen LogP contribution in [0, 0.1) is 17.2 Å². The molecule has 3 aromatic carbocycles. The van der Waals surface area contributed by atoms with Gasteiger partial charge in [0, 0.05) is 37.5 Å². The number of benzene rings is 3. The third-order valence-electron chi connectivity index (χ3n) is 5.53. The number of Topliss-reactive ketones (excluding diaryl/α,β-unsaturated/α-hetero) is 1. The molecule has 6 nitrogen and oxygen atoms in total. The zero-order valence-corrected chi connectivity index (χ0v) is 20.4. The van der Waals surface area contributed by atoms with Crippen molar-refractivity contribution in [2.24, 2.45) is 5.92 Å². The highest BCUT2D eigenvalue weighted by Gasteiger charge is 2.35. The molecule has 1 unspecified atom stereocenters. The van der Waals surface area contributed by atoms with Gasteiger partial charge in [0.05, 0.1) is 17.5 Å². The molecule has 2 heterocycles. The normalized spacial score (nSPS) is 12.7. The minimum absolute atomic E-state index is 0.0924. The summed E-state index contributed by atoms with van der Waals surface area (Å²) < 4.78 is 1.68. The van der Waals surface area contributed by atoms with Crippen molar-refractivity contribution in [1.29, 1.82) is 5.26 Å².